The van der Waals surface area contributed by atoms with Gasteiger partial charge in [0.1, 0.15) is 5.75 Å². The van der Waals surface area contributed by atoms with E-state index in [0.29, 0.717) is 18.8 Å². The van der Waals surface area contributed by atoms with Crippen molar-refractivity contribution in [2.24, 2.45) is 0 Å². The lowest BCUT2D eigenvalue weighted by atomic mass is 10.1. The molecule has 1 unspecified atom stereocenters. The van der Waals surface area contributed by atoms with Gasteiger partial charge in [-0.1, -0.05) is 36.8 Å². The summed E-state index contributed by atoms with van der Waals surface area (Å²) in [7, 11) is 0. The lowest BCUT2D eigenvalue weighted by molar-refractivity contribution is 0.111. The van der Waals surface area contributed by atoms with E-state index in [2.05, 4.69) is 9.88 Å². The summed E-state index contributed by atoms with van der Waals surface area (Å²) in [6.45, 7) is 7.77. The summed E-state index contributed by atoms with van der Waals surface area (Å²) in [4.78, 5) is 6.45. The van der Waals surface area contributed by atoms with Gasteiger partial charge in [-0.25, -0.2) is 0 Å². The van der Waals surface area contributed by atoms with Crippen molar-refractivity contribution in [3.8, 4) is 5.75 Å². The Kier molecular flexibility index (Phi) is 5.52. The zero-order chi connectivity index (χ0) is 16.1. The minimum Gasteiger partial charge on any atom is -0.506 e. The van der Waals surface area contributed by atoms with E-state index < -0.39 is 6.10 Å². The largest absolute Gasteiger partial charge is 0.506 e. The Labute approximate surface area is 132 Å². The van der Waals surface area contributed by atoms with Crippen LogP contribution < -0.4 is 0 Å². The molecular weight excluding hydrogens is 276 g/mol. The molecule has 2 aromatic rings. The highest BCUT2D eigenvalue weighted by Gasteiger charge is 2.15. The summed E-state index contributed by atoms with van der Waals surface area (Å²) in [6.07, 6.45) is -0.549. The van der Waals surface area contributed by atoms with Crippen LogP contribution in [0.2, 0.25) is 0 Å². The van der Waals surface area contributed by atoms with Gasteiger partial charge in [-0.2, -0.15) is 0 Å². The van der Waals surface area contributed by atoms with Crippen molar-refractivity contribution in [2.45, 2.75) is 33.4 Å². The molecule has 118 valence electrons. The number of pyridine rings is 1. The smallest absolute Gasteiger partial charge is 0.138 e. The maximum Gasteiger partial charge on any atom is 0.138 e. The average Bonchev–Trinajstić information content (AvgIpc) is 2.50. The van der Waals surface area contributed by atoms with Crippen LogP contribution >= 0.6 is 0 Å². The minimum absolute atomic E-state index is 0.203. The molecule has 2 N–H and O–H groups in total. The fourth-order valence-electron chi connectivity index (χ4n) is 2.38. The molecule has 4 heteroatoms. The van der Waals surface area contributed by atoms with E-state index in [0.717, 1.165) is 17.8 Å². The topological polar surface area (TPSA) is 56.6 Å². The maximum atomic E-state index is 10.4. The first-order valence-corrected chi connectivity index (χ1v) is 7.62. The molecular formula is C18H24N2O2. The molecule has 4 nitrogen and oxygen atoms in total. The van der Waals surface area contributed by atoms with Crippen LogP contribution in [0, 0.1) is 13.8 Å². The average molecular weight is 300 g/mol. The molecule has 0 aliphatic carbocycles. The third-order valence-corrected chi connectivity index (χ3v) is 3.80. The highest BCUT2D eigenvalue weighted by Crippen LogP contribution is 2.20. The van der Waals surface area contributed by atoms with Crippen molar-refractivity contribution in [3.05, 3.63) is 58.9 Å². The number of hydrogen-bond acceptors (Lipinski definition) is 4. The summed E-state index contributed by atoms with van der Waals surface area (Å²) < 4.78 is 0. The number of aryl methyl sites for hydroxylation is 2. The lowest BCUT2D eigenvalue weighted by Crippen LogP contribution is -2.28. The van der Waals surface area contributed by atoms with Crippen LogP contribution in [-0.2, 0) is 6.54 Å². The van der Waals surface area contributed by atoms with Crippen LogP contribution in [0.25, 0.3) is 0 Å². The van der Waals surface area contributed by atoms with Gasteiger partial charge in [-0.05, 0) is 38.1 Å². The zero-order valence-corrected chi connectivity index (χ0v) is 13.5. The zero-order valence-electron chi connectivity index (χ0n) is 13.5. The standard InChI is InChI=1S/C18H24N2O2/c1-4-20(11-16-17(21)10-7-14(3)19-16)12-18(22)15-8-5-13(2)6-9-15/h5-10,18,21-22H,4,11-12H2,1-3H3. The number of rotatable bonds is 6. The van der Waals surface area contributed by atoms with Gasteiger partial charge in [0.05, 0.1) is 11.8 Å². The molecule has 1 heterocycles. The lowest BCUT2D eigenvalue weighted by Gasteiger charge is -2.24. The number of aliphatic hydroxyl groups is 1. The number of aromatic hydroxyl groups is 1. The summed E-state index contributed by atoms with van der Waals surface area (Å²) in [6, 6.07) is 11.4. The number of hydrogen-bond donors (Lipinski definition) is 2. The van der Waals surface area contributed by atoms with Crippen LogP contribution in [0.1, 0.15) is 35.5 Å². The molecule has 0 fully saturated rings. The summed E-state index contributed by atoms with van der Waals surface area (Å²) >= 11 is 0. The predicted octanol–water partition coefficient (Wildman–Crippen LogP) is 2.96. The number of likely N-dealkylation sites (N-methyl/N-ethyl adjacent to an activating group) is 1. The SMILES string of the molecule is CCN(Cc1nc(C)ccc1O)CC(O)c1ccc(C)cc1. The van der Waals surface area contributed by atoms with E-state index >= 15 is 0 Å². The van der Waals surface area contributed by atoms with Gasteiger partial charge in [0.2, 0.25) is 0 Å². The monoisotopic (exact) mass is 300 g/mol. The molecule has 0 saturated heterocycles. The van der Waals surface area contributed by atoms with E-state index in [1.165, 1.54) is 5.56 Å². The maximum absolute atomic E-state index is 10.4. The van der Waals surface area contributed by atoms with Crippen molar-refractivity contribution < 1.29 is 10.2 Å². The first-order chi connectivity index (χ1) is 10.5. The molecule has 0 bridgehead atoms. The first kappa shape index (κ1) is 16.5. The fourth-order valence-corrected chi connectivity index (χ4v) is 2.38. The van der Waals surface area contributed by atoms with Gasteiger partial charge in [-0.15, -0.1) is 0 Å². The Bertz CT molecular complexity index is 611. The van der Waals surface area contributed by atoms with Gasteiger partial charge >= 0.3 is 0 Å². The Morgan fingerprint density at radius 2 is 1.77 bits per heavy atom. The van der Waals surface area contributed by atoms with Crippen LogP contribution in [-0.4, -0.2) is 33.2 Å². The third-order valence-electron chi connectivity index (χ3n) is 3.80. The third kappa shape index (κ3) is 4.29. The van der Waals surface area contributed by atoms with Crippen molar-refractivity contribution in [2.75, 3.05) is 13.1 Å². The van der Waals surface area contributed by atoms with Crippen LogP contribution in [0.15, 0.2) is 36.4 Å². The second-order valence-electron chi connectivity index (χ2n) is 5.67. The molecule has 22 heavy (non-hydrogen) atoms. The number of nitrogens with zero attached hydrogens (tertiary/aromatic N) is 2. The highest BCUT2D eigenvalue weighted by molar-refractivity contribution is 5.27. The van der Waals surface area contributed by atoms with Gasteiger partial charge < -0.3 is 10.2 Å². The normalized spacial score (nSPS) is 12.6. The fraction of sp³-hybridized carbons (Fsp3) is 0.389. The van der Waals surface area contributed by atoms with Crippen molar-refractivity contribution in [1.82, 2.24) is 9.88 Å². The van der Waals surface area contributed by atoms with Gasteiger partial charge in [0.25, 0.3) is 0 Å². The molecule has 0 radical (unpaired) electrons. The predicted molar refractivity (Wildman–Crippen MR) is 87.7 cm³/mol. The van der Waals surface area contributed by atoms with Gasteiger partial charge in [-0.3, -0.25) is 9.88 Å². The van der Waals surface area contributed by atoms with E-state index in [9.17, 15) is 10.2 Å². The first-order valence-electron chi connectivity index (χ1n) is 7.62. The molecule has 1 aromatic heterocycles. The van der Waals surface area contributed by atoms with Crippen LogP contribution in [0.4, 0.5) is 0 Å². The Balaban J connectivity index is 2.05. The van der Waals surface area contributed by atoms with Gasteiger partial charge in [0, 0.05) is 18.8 Å². The molecule has 1 aromatic carbocycles. The van der Waals surface area contributed by atoms with Crippen molar-refractivity contribution in [3.63, 3.8) is 0 Å². The van der Waals surface area contributed by atoms with Crippen LogP contribution in [0.5, 0.6) is 5.75 Å². The van der Waals surface area contributed by atoms with E-state index in [1.54, 1.807) is 12.1 Å². The number of aliphatic hydroxyl groups excluding tert-OH is 1. The number of benzene rings is 1. The molecule has 0 saturated carbocycles. The quantitative estimate of drug-likeness (QED) is 0.861. The molecule has 0 aliphatic heterocycles. The second kappa shape index (κ2) is 7.38. The molecule has 0 spiro atoms. The Morgan fingerprint density at radius 3 is 2.41 bits per heavy atom. The molecule has 0 amide bonds. The van der Waals surface area contributed by atoms with Crippen molar-refractivity contribution in [1.29, 1.82) is 0 Å². The Hall–Kier alpha value is -1.91. The minimum atomic E-state index is -0.549. The van der Waals surface area contributed by atoms with E-state index in [-0.39, 0.29) is 5.75 Å². The molecule has 0 aliphatic rings. The van der Waals surface area contributed by atoms with Crippen molar-refractivity contribution >= 4 is 0 Å². The van der Waals surface area contributed by atoms with Crippen LogP contribution in [0.3, 0.4) is 0 Å². The summed E-state index contributed by atoms with van der Waals surface area (Å²) in [5.74, 6) is 0.203. The van der Waals surface area contributed by atoms with Gasteiger partial charge in [0.15, 0.2) is 0 Å². The molecule has 2 rings (SSSR count). The Morgan fingerprint density at radius 1 is 1.09 bits per heavy atom. The van der Waals surface area contributed by atoms with E-state index in [1.807, 2.05) is 45.0 Å². The van der Waals surface area contributed by atoms with E-state index in [4.69, 9.17) is 0 Å². The molecule has 1 atom stereocenters. The summed E-state index contributed by atoms with van der Waals surface area (Å²) in [5.41, 5.74) is 3.61. The number of aromatic nitrogens is 1. The summed E-state index contributed by atoms with van der Waals surface area (Å²) in [5, 5.41) is 20.3. The second-order valence-corrected chi connectivity index (χ2v) is 5.67. The highest BCUT2D eigenvalue weighted by atomic mass is 16.3.